The van der Waals surface area contributed by atoms with Crippen LogP contribution in [0.5, 0.6) is 0 Å². The summed E-state index contributed by atoms with van der Waals surface area (Å²) in [6, 6.07) is -4.92. The van der Waals surface area contributed by atoms with Gasteiger partial charge in [0.1, 0.15) is 18.1 Å². The van der Waals surface area contributed by atoms with Crippen LogP contribution in [0, 0.1) is 11.8 Å². The van der Waals surface area contributed by atoms with Crippen LogP contribution < -0.4 is 21.7 Å². The Morgan fingerprint density at radius 3 is 1.73 bits per heavy atom. The highest BCUT2D eigenvalue weighted by atomic mass is 16.4. The first-order valence-electron chi connectivity index (χ1n) is 9.53. The minimum Gasteiger partial charge on any atom is -0.481 e. The third-order valence-electron chi connectivity index (χ3n) is 4.34. The van der Waals surface area contributed by atoms with Crippen LogP contribution in [0.4, 0.5) is 0 Å². The molecule has 3 amide bonds. The Morgan fingerprint density at radius 2 is 1.33 bits per heavy atom. The van der Waals surface area contributed by atoms with Gasteiger partial charge in [0.15, 0.2) is 0 Å². The minimum absolute atomic E-state index is 0.228. The number of carbonyl (C=O) groups is 5. The van der Waals surface area contributed by atoms with E-state index in [1.807, 2.05) is 0 Å². The third-order valence-corrected chi connectivity index (χ3v) is 4.34. The summed E-state index contributed by atoms with van der Waals surface area (Å²) in [5, 5.41) is 33.8. The highest BCUT2D eigenvalue weighted by Gasteiger charge is 2.32. The molecule has 0 radical (unpaired) electrons. The Labute approximate surface area is 174 Å². The van der Waals surface area contributed by atoms with E-state index < -0.39 is 72.8 Å². The quantitative estimate of drug-likeness (QED) is 0.172. The molecule has 0 saturated heterocycles. The number of aliphatic hydroxyl groups excluding tert-OH is 1. The molecule has 0 bridgehead atoms. The number of nitrogens with two attached hydrogens (primary N) is 1. The molecule has 30 heavy (non-hydrogen) atoms. The van der Waals surface area contributed by atoms with E-state index in [1.165, 1.54) is 0 Å². The Hall–Kier alpha value is -2.73. The van der Waals surface area contributed by atoms with Crippen LogP contribution in [0.1, 0.15) is 40.5 Å². The average Bonchev–Trinajstić information content (AvgIpc) is 2.65. The predicted molar refractivity (Wildman–Crippen MR) is 105 cm³/mol. The number of aliphatic hydroxyl groups is 1. The summed E-state index contributed by atoms with van der Waals surface area (Å²) in [4.78, 5) is 59.2. The molecule has 4 unspecified atom stereocenters. The summed E-state index contributed by atoms with van der Waals surface area (Å²) in [5.41, 5.74) is 5.76. The second-order valence-electron chi connectivity index (χ2n) is 7.58. The van der Waals surface area contributed by atoms with Crippen LogP contribution in [0.15, 0.2) is 0 Å². The van der Waals surface area contributed by atoms with Crippen molar-refractivity contribution in [2.75, 3.05) is 6.61 Å². The minimum atomic E-state index is -1.55. The molecular formula is C18H32N4O8. The van der Waals surface area contributed by atoms with Crippen LogP contribution in [-0.2, 0) is 24.0 Å². The third kappa shape index (κ3) is 9.18. The van der Waals surface area contributed by atoms with Gasteiger partial charge in [-0.3, -0.25) is 19.2 Å². The van der Waals surface area contributed by atoms with Crippen molar-refractivity contribution >= 4 is 29.7 Å². The van der Waals surface area contributed by atoms with Crippen molar-refractivity contribution in [2.45, 2.75) is 64.7 Å². The molecule has 12 heteroatoms. The van der Waals surface area contributed by atoms with E-state index in [0.29, 0.717) is 0 Å². The second kappa shape index (κ2) is 12.8. The number of carboxylic acid groups (broad SMARTS) is 2. The molecule has 0 fully saturated rings. The SMILES string of the molecule is CC(C)C(N)C(=O)NC(CCC(=O)O)C(=O)NC(C(=O)NC(CO)C(=O)O)C(C)C. The summed E-state index contributed by atoms with van der Waals surface area (Å²) in [6.07, 6.45) is -0.655. The van der Waals surface area contributed by atoms with Crippen molar-refractivity contribution in [3.8, 4) is 0 Å². The van der Waals surface area contributed by atoms with Gasteiger partial charge in [0.05, 0.1) is 12.6 Å². The number of carbonyl (C=O) groups excluding carboxylic acids is 3. The lowest BCUT2D eigenvalue weighted by Gasteiger charge is -2.27. The topological polar surface area (TPSA) is 208 Å². The zero-order valence-corrected chi connectivity index (χ0v) is 17.5. The van der Waals surface area contributed by atoms with Gasteiger partial charge in [-0.05, 0) is 18.3 Å². The summed E-state index contributed by atoms with van der Waals surface area (Å²) in [5.74, 6) is -5.64. The first kappa shape index (κ1) is 27.3. The molecule has 172 valence electrons. The molecule has 0 aliphatic rings. The fourth-order valence-electron chi connectivity index (χ4n) is 2.34. The van der Waals surface area contributed by atoms with Crippen LogP contribution >= 0.6 is 0 Å². The van der Waals surface area contributed by atoms with Gasteiger partial charge in [0.2, 0.25) is 17.7 Å². The van der Waals surface area contributed by atoms with Gasteiger partial charge >= 0.3 is 11.9 Å². The molecule has 0 saturated carbocycles. The molecule has 0 aliphatic carbocycles. The number of hydrogen-bond acceptors (Lipinski definition) is 7. The Balaban J connectivity index is 5.41. The van der Waals surface area contributed by atoms with E-state index in [1.54, 1.807) is 27.7 Å². The Kier molecular flexibility index (Phi) is 11.6. The summed E-state index contributed by atoms with van der Waals surface area (Å²) >= 11 is 0. The maximum Gasteiger partial charge on any atom is 0.328 e. The highest BCUT2D eigenvalue weighted by molar-refractivity contribution is 5.94. The van der Waals surface area contributed by atoms with Crippen molar-refractivity contribution in [1.29, 1.82) is 0 Å². The maximum absolute atomic E-state index is 12.7. The number of nitrogens with one attached hydrogen (secondary N) is 3. The summed E-state index contributed by atoms with van der Waals surface area (Å²) in [7, 11) is 0. The molecule has 0 spiro atoms. The van der Waals surface area contributed by atoms with E-state index in [-0.39, 0.29) is 12.3 Å². The summed E-state index contributed by atoms with van der Waals surface area (Å²) in [6.45, 7) is 5.76. The van der Waals surface area contributed by atoms with Gasteiger partial charge in [-0.1, -0.05) is 27.7 Å². The Bertz CT molecular complexity index is 638. The van der Waals surface area contributed by atoms with Crippen LogP contribution in [-0.4, -0.2) is 75.8 Å². The first-order valence-corrected chi connectivity index (χ1v) is 9.53. The van der Waals surface area contributed by atoms with E-state index in [0.717, 1.165) is 0 Å². The maximum atomic E-state index is 12.7. The normalized spacial score (nSPS) is 15.1. The van der Waals surface area contributed by atoms with E-state index in [2.05, 4.69) is 16.0 Å². The molecule has 0 aromatic rings. The van der Waals surface area contributed by atoms with Gasteiger partial charge in [-0.15, -0.1) is 0 Å². The molecule has 4 atom stereocenters. The molecule has 0 heterocycles. The highest BCUT2D eigenvalue weighted by Crippen LogP contribution is 2.07. The van der Waals surface area contributed by atoms with Gasteiger partial charge in [-0.25, -0.2) is 4.79 Å². The number of hydrogen-bond donors (Lipinski definition) is 7. The van der Waals surface area contributed by atoms with E-state index in [4.69, 9.17) is 21.1 Å². The van der Waals surface area contributed by atoms with Crippen LogP contribution in [0.2, 0.25) is 0 Å². The van der Waals surface area contributed by atoms with Gasteiger partial charge in [0, 0.05) is 6.42 Å². The molecule has 0 aromatic heterocycles. The summed E-state index contributed by atoms with van der Waals surface area (Å²) < 4.78 is 0. The average molecular weight is 432 g/mol. The number of aliphatic carboxylic acids is 2. The fraction of sp³-hybridized carbons (Fsp3) is 0.722. The zero-order chi connectivity index (χ0) is 23.6. The number of rotatable bonds is 13. The second-order valence-corrected chi connectivity index (χ2v) is 7.58. The number of carboxylic acids is 2. The lowest BCUT2D eigenvalue weighted by atomic mass is 10.0. The first-order chi connectivity index (χ1) is 13.8. The molecular weight excluding hydrogens is 400 g/mol. The van der Waals surface area contributed by atoms with Crippen LogP contribution in [0.3, 0.4) is 0 Å². The molecule has 12 nitrogen and oxygen atoms in total. The van der Waals surface area contributed by atoms with Crippen molar-refractivity contribution in [3.63, 3.8) is 0 Å². The lowest BCUT2D eigenvalue weighted by molar-refractivity contribution is -0.143. The zero-order valence-electron chi connectivity index (χ0n) is 17.5. The van der Waals surface area contributed by atoms with Crippen molar-refractivity contribution < 1.29 is 39.3 Å². The number of amides is 3. The molecule has 8 N–H and O–H groups in total. The van der Waals surface area contributed by atoms with E-state index in [9.17, 15) is 24.0 Å². The van der Waals surface area contributed by atoms with Crippen molar-refractivity contribution in [1.82, 2.24) is 16.0 Å². The lowest BCUT2D eigenvalue weighted by Crippen LogP contribution is -2.59. The van der Waals surface area contributed by atoms with Gasteiger partial charge < -0.3 is 37.0 Å². The largest absolute Gasteiger partial charge is 0.481 e. The van der Waals surface area contributed by atoms with Gasteiger partial charge in [-0.2, -0.15) is 0 Å². The molecule has 0 aromatic carbocycles. The molecule has 0 aliphatic heterocycles. The van der Waals surface area contributed by atoms with E-state index >= 15 is 0 Å². The van der Waals surface area contributed by atoms with Crippen LogP contribution in [0.25, 0.3) is 0 Å². The Morgan fingerprint density at radius 1 is 0.800 bits per heavy atom. The van der Waals surface area contributed by atoms with Crippen molar-refractivity contribution in [2.24, 2.45) is 17.6 Å². The smallest absolute Gasteiger partial charge is 0.328 e. The van der Waals surface area contributed by atoms with Gasteiger partial charge in [0.25, 0.3) is 0 Å². The predicted octanol–water partition coefficient (Wildman–Crippen LogP) is -1.98. The van der Waals surface area contributed by atoms with Crippen molar-refractivity contribution in [3.05, 3.63) is 0 Å². The molecule has 0 rings (SSSR count). The standard InChI is InChI=1S/C18H32N4O8/c1-8(2)13(19)16(27)20-10(5-6-12(24)25)15(26)22-14(9(3)4)17(28)21-11(7-23)18(29)30/h8-11,13-14,23H,5-7,19H2,1-4H3,(H,20,27)(H,21,28)(H,22,26)(H,24,25)(H,29,30). The fourth-order valence-corrected chi connectivity index (χ4v) is 2.34. The monoisotopic (exact) mass is 432 g/mol.